The number of hydrogen-bond donors (Lipinski definition) is 1. The minimum Gasteiger partial charge on any atom is -0.324 e. The van der Waals surface area contributed by atoms with Crippen LogP contribution >= 0.6 is 23.4 Å². The lowest BCUT2D eigenvalue weighted by Crippen LogP contribution is -2.36. The van der Waals surface area contributed by atoms with Gasteiger partial charge in [-0.05, 0) is 67.4 Å². The van der Waals surface area contributed by atoms with E-state index in [1.54, 1.807) is 30.3 Å². The van der Waals surface area contributed by atoms with Crippen molar-refractivity contribution in [2.45, 2.75) is 20.8 Å². The summed E-state index contributed by atoms with van der Waals surface area (Å²) in [6.07, 6.45) is 1.60. The van der Waals surface area contributed by atoms with Crippen LogP contribution in [-0.2, 0) is 9.59 Å². The van der Waals surface area contributed by atoms with E-state index in [1.165, 1.54) is 0 Å². The summed E-state index contributed by atoms with van der Waals surface area (Å²) in [5.74, 6) is -0.899. The average molecular weight is 415 g/mol. The standard InChI is InChI=1S/C21H19ClN2O3S/c1-12-7-13(2)19(14(3)8-12)23-18(25)11-24-20(26)17(28-21(24)27)10-15-5-4-6-16(22)9-15/h4-10H,11H2,1-3H3,(H,23,25)/b17-10+. The molecule has 0 spiro atoms. The summed E-state index contributed by atoms with van der Waals surface area (Å²) in [4.78, 5) is 38.5. The van der Waals surface area contributed by atoms with Gasteiger partial charge in [-0.2, -0.15) is 0 Å². The molecule has 0 atom stereocenters. The number of carbonyl (C=O) groups is 3. The molecule has 1 aliphatic heterocycles. The number of carbonyl (C=O) groups excluding carboxylic acids is 3. The molecule has 7 heteroatoms. The van der Waals surface area contributed by atoms with Crippen LogP contribution in [0.4, 0.5) is 10.5 Å². The highest BCUT2D eigenvalue weighted by molar-refractivity contribution is 8.18. The molecule has 1 aliphatic rings. The van der Waals surface area contributed by atoms with E-state index in [2.05, 4.69) is 5.32 Å². The second-order valence-corrected chi connectivity index (χ2v) is 8.07. The van der Waals surface area contributed by atoms with Gasteiger partial charge in [-0.25, -0.2) is 0 Å². The highest BCUT2D eigenvalue weighted by Gasteiger charge is 2.36. The molecule has 0 radical (unpaired) electrons. The van der Waals surface area contributed by atoms with Crippen molar-refractivity contribution in [3.05, 3.63) is 68.6 Å². The Morgan fingerprint density at radius 3 is 2.46 bits per heavy atom. The Labute approximate surface area is 172 Å². The van der Waals surface area contributed by atoms with Crippen molar-refractivity contribution in [3.8, 4) is 0 Å². The largest absolute Gasteiger partial charge is 0.324 e. The molecule has 0 bridgehead atoms. The Balaban J connectivity index is 1.73. The molecule has 0 unspecified atom stereocenters. The van der Waals surface area contributed by atoms with Gasteiger partial charge in [-0.3, -0.25) is 19.3 Å². The first-order chi connectivity index (χ1) is 13.2. The van der Waals surface area contributed by atoms with Crippen molar-refractivity contribution in [1.82, 2.24) is 4.90 Å². The second kappa shape index (κ2) is 8.20. The quantitative estimate of drug-likeness (QED) is 0.719. The monoisotopic (exact) mass is 414 g/mol. The van der Waals surface area contributed by atoms with E-state index in [4.69, 9.17) is 11.6 Å². The van der Waals surface area contributed by atoms with Crippen molar-refractivity contribution in [2.75, 3.05) is 11.9 Å². The van der Waals surface area contributed by atoms with Gasteiger partial charge in [0.25, 0.3) is 11.1 Å². The molecule has 0 saturated carbocycles. The number of imide groups is 1. The van der Waals surface area contributed by atoms with Crippen molar-refractivity contribution in [2.24, 2.45) is 0 Å². The fraction of sp³-hybridized carbons (Fsp3) is 0.190. The number of thioether (sulfide) groups is 1. The van der Waals surface area contributed by atoms with Gasteiger partial charge < -0.3 is 5.32 Å². The van der Waals surface area contributed by atoms with Gasteiger partial charge in [0.2, 0.25) is 5.91 Å². The molecule has 5 nitrogen and oxygen atoms in total. The third-order valence-corrected chi connectivity index (χ3v) is 5.41. The van der Waals surface area contributed by atoms with Crippen molar-refractivity contribution in [1.29, 1.82) is 0 Å². The summed E-state index contributed by atoms with van der Waals surface area (Å²) < 4.78 is 0. The number of hydrogen-bond acceptors (Lipinski definition) is 4. The first-order valence-electron chi connectivity index (χ1n) is 8.63. The smallest absolute Gasteiger partial charge is 0.294 e. The van der Waals surface area contributed by atoms with Crippen LogP contribution in [0.5, 0.6) is 0 Å². The second-order valence-electron chi connectivity index (χ2n) is 6.64. The zero-order chi connectivity index (χ0) is 20.4. The summed E-state index contributed by atoms with van der Waals surface area (Å²) in [5, 5.41) is 2.89. The first-order valence-corrected chi connectivity index (χ1v) is 9.82. The zero-order valence-electron chi connectivity index (χ0n) is 15.7. The van der Waals surface area contributed by atoms with Gasteiger partial charge in [0.05, 0.1) is 4.91 Å². The van der Waals surface area contributed by atoms with E-state index >= 15 is 0 Å². The molecular formula is C21H19ClN2O3S. The Morgan fingerprint density at radius 1 is 1.14 bits per heavy atom. The van der Waals surface area contributed by atoms with Gasteiger partial charge >= 0.3 is 0 Å². The predicted octanol–water partition coefficient (Wildman–Crippen LogP) is 4.94. The highest BCUT2D eigenvalue weighted by atomic mass is 35.5. The molecule has 2 aromatic carbocycles. The van der Waals surface area contributed by atoms with Gasteiger partial charge in [-0.1, -0.05) is 41.4 Å². The topological polar surface area (TPSA) is 66.5 Å². The van der Waals surface area contributed by atoms with E-state index < -0.39 is 17.1 Å². The maximum Gasteiger partial charge on any atom is 0.294 e. The van der Waals surface area contributed by atoms with E-state index in [0.717, 1.165) is 33.4 Å². The molecule has 3 amide bonds. The van der Waals surface area contributed by atoms with Crippen LogP contribution < -0.4 is 5.32 Å². The number of rotatable bonds is 4. The maximum atomic E-state index is 12.6. The van der Waals surface area contributed by atoms with Gasteiger partial charge in [0, 0.05) is 10.7 Å². The zero-order valence-corrected chi connectivity index (χ0v) is 17.3. The number of benzene rings is 2. The van der Waals surface area contributed by atoms with Crippen LogP contribution in [0.3, 0.4) is 0 Å². The molecule has 3 rings (SSSR count). The lowest BCUT2D eigenvalue weighted by atomic mass is 10.1. The van der Waals surface area contributed by atoms with Gasteiger partial charge in [0.1, 0.15) is 6.54 Å². The van der Waals surface area contributed by atoms with Crippen LogP contribution in [0.25, 0.3) is 6.08 Å². The van der Waals surface area contributed by atoms with E-state index in [0.29, 0.717) is 16.3 Å². The summed E-state index contributed by atoms with van der Waals surface area (Å²) in [7, 11) is 0. The molecule has 0 aliphatic carbocycles. The minimum atomic E-state index is -0.484. The molecule has 2 aromatic rings. The molecule has 1 N–H and O–H groups in total. The fourth-order valence-electron chi connectivity index (χ4n) is 3.08. The van der Waals surface area contributed by atoms with Crippen LogP contribution in [0.1, 0.15) is 22.3 Å². The highest BCUT2D eigenvalue weighted by Crippen LogP contribution is 2.32. The fourth-order valence-corrected chi connectivity index (χ4v) is 4.12. The summed E-state index contributed by atoms with van der Waals surface area (Å²) >= 11 is 6.77. The first kappa shape index (κ1) is 20.2. The van der Waals surface area contributed by atoms with E-state index in [9.17, 15) is 14.4 Å². The Bertz CT molecular complexity index is 993. The predicted molar refractivity (Wildman–Crippen MR) is 113 cm³/mol. The molecule has 144 valence electrons. The Kier molecular flexibility index (Phi) is 5.91. The van der Waals surface area contributed by atoms with Crippen molar-refractivity contribution >= 4 is 52.2 Å². The van der Waals surface area contributed by atoms with Crippen LogP contribution in [0.2, 0.25) is 5.02 Å². The van der Waals surface area contributed by atoms with Crippen LogP contribution in [0.15, 0.2) is 41.3 Å². The van der Waals surface area contributed by atoms with Gasteiger partial charge in [-0.15, -0.1) is 0 Å². The molecule has 28 heavy (non-hydrogen) atoms. The number of amides is 3. The van der Waals surface area contributed by atoms with Gasteiger partial charge in [0.15, 0.2) is 0 Å². The molecule has 1 fully saturated rings. The third kappa shape index (κ3) is 4.46. The Morgan fingerprint density at radius 2 is 1.82 bits per heavy atom. The van der Waals surface area contributed by atoms with Crippen LogP contribution in [0, 0.1) is 20.8 Å². The number of halogens is 1. The van der Waals surface area contributed by atoms with E-state index in [1.807, 2.05) is 32.9 Å². The molecule has 1 heterocycles. The molecular weight excluding hydrogens is 396 g/mol. The van der Waals surface area contributed by atoms with Crippen molar-refractivity contribution in [3.63, 3.8) is 0 Å². The summed E-state index contributed by atoms with van der Waals surface area (Å²) in [6.45, 7) is 5.47. The number of anilines is 1. The number of aryl methyl sites for hydroxylation is 3. The number of nitrogens with zero attached hydrogens (tertiary/aromatic N) is 1. The van der Waals surface area contributed by atoms with E-state index in [-0.39, 0.29) is 11.4 Å². The average Bonchev–Trinajstić information content (AvgIpc) is 2.85. The lowest BCUT2D eigenvalue weighted by Gasteiger charge is -2.15. The summed E-state index contributed by atoms with van der Waals surface area (Å²) in [5.41, 5.74) is 4.39. The summed E-state index contributed by atoms with van der Waals surface area (Å²) in [6, 6.07) is 10.9. The Hall–Kier alpha value is -2.57. The normalized spacial score (nSPS) is 15.4. The minimum absolute atomic E-state index is 0.266. The SMILES string of the molecule is Cc1cc(C)c(NC(=O)CN2C(=O)S/C(=C/c3cccc(Cl)c3)C2=O)c(C)c1. The lowest BCUT2D eigenvalue weighted by molar-refractivity contribution is -0.127. The van der Waals surface area contributed by atoms with Crippen LogP contribution in [-0.4, -0.2) is 28.5 Å². The molecule has 1 saturated heterocycles. The molecule has 0 aromatic heterocycles. The third-order valence-electron chi connectivity index (χ3n) is 4.26. The van der Waals surface area contributed by atoms with Crippen molar-refractivity contribution < 1.29 is 14.4 Å². The maximum absolute atomic E-state index is 12.6. The number of nitrogens with one attached hydrogen (secondary N) is 1.